The van der Waals surface area contributed by atoms with Crippen molar-refractivity contribution in [3.63, 3.8) is 0 Å². The average molecular weight is 551 g/mol. The predicted octanol–water partition coefficient (Wildman–Crippen LogP) is 2.52. The van der Waals surface area contributed by atoms with Crippen molar-refractivity contribution >= 4 is 27.6 Å². The standard InChI is InChI=1S/C26H21F3N8O3/c1-40-24-32-11-14(12-33-24)18-3-4-19-21(34-18)22-16(13-31-19)23(38)35-25(39)37(22)15-2-5-20(17(10-15)26(27,28)29)36-8-6-30-7-9-36/h2-5,10-13,30H,6-9H2,1H3,(H,35,38,39). The van der Waals surface area contributed by atoms with Gasteiger partial charge in [0, 0.05) is 56.0 Å². The number of H-pyrrole nitrogens is 1. The van der Waals surface area contributed by atoms with Gasteiger partial charge in [-0.1, -0.05) is 0 Å². The molecule has 0 unspecified atom stereocenters. The van der Waals surface area contributed by atoms with E-state index in [1.807, 2.05) is 0 Å². The molecule has 4 aromatic heterocycles. The number of anilines is 1. The molecule has 1 aliphatic rings. The second-order valence-electron chi connectivity index (χ2n) is 9.07. The van der Waals surface area contributed by atoms with Crippen LogP contribution in [0.15, 0.2) is 58.5 Å². The molecule has 1 fully saturated rings. The maximum atomic E-state index is 14.3. The Bertz CT molecular complexity index is 1860. The minimum atomic E-state index is -4.69. The minimum absolute atomic E-state index is 0.0116. The second-order valence-corrected chi connectivity index (χ2v) is 9.07. The van der Waals surface area contributed by atoms with E-state index in [4.69, 9.17) is 4.74 Å². The lowest BCUT2D eigenvalue weighted by Crippen LogP contribution is -2.44. The zero-order valence-electron chi connectivity index (χ0n) is 21.0. The predicted molar refractivity (Wildman–Crippen MR) is 141 cm³/mol. The highest BCUT2D eigenvalue weighted by Crippen LogP contribution is 2.38. The first-order valence-electron chi connectivity index (χ1n) is 12.2. The third-order valence-corrected chi connectivity index (χ3v) is 6.69. The number of benzene rings is 1. The minimum Gasteiger partial charge on any atom is -0.467 e. The number of hydrogen-bond acceptors (Lipinski definition) is 9. The lowest BCUT2D eigenvalue weighted by Gasteiger charge is -2.31. The average Bonchev–Trinajstić information content (AvgIpc) is 2.96. The van der Waals surface area contributed by atoms with Crippen molar-refractivity contribution < 1.29 is 17.9 Å². The largest absolute Gasteiger partial charge is 0.467 e. The summed E-state index contributed by atoms with van der Waals surface area (Å²) in [5, 5.41) is 3.11. The summed E-state index contributed by atoms with van der Waals surface area (Å²) in [4.78, 5) is 46.9. The number of rotatable bonds is 4. The Morgan fingerprint density at radius 2 is 1.73 bits per heavy atom. The first-order chi connectivity index (χ1) is 19.2. The van der Waals surface area contributed by atoms with Crippen LogP contribution in [0.3, 0.4) is 0 Å². The number of methoxy groups -OCH3 is 1. The van der Waals surface area contributed by atoms with Gasteiger partial charge in [-0.2, -0.15) is 13.2 Å². The molecule has 204 valence electrons. The van der Waals surface area contributed by atoms with E-state index in [0.717, 1.165) is 10.6 Å². The highest BCUT2D eigenvalue weighted by atomic mass is 19.4. The van der Waals surface area contributed by atoms with Gasteiger partial charge >= 0.3 is 17.9 Å². The Kier molecular flexibility index (Phi) is 6.18. The van der Waals surface area contributed by atoms with Crippen molar-refractivity contribution in [1.82, 2.24) is 34.8 Å². The van der Waals surface area contributed by atoms with Crippen LogP contribution in [0.1, 0.15) is 5.56 Å². The number of hydrogen-bond donors (Lipinski definition) is 2. The topological polar surface area (TPSA) is 131 Å². The molecule has 5 aromatic rings. The number of halogens is 3. The number of pyridine rings is 2. The molecular weight excluding hydrogens is 529 g/mol. The lowest BCUT2D eigenvalue weighted by molar-refractivity contribution is -0.137. The van der Waals surface area contributed by atoms with Crippen molar-refractivity contribution in [2.24, 2.45) is 0 Å². The van der Waals surface area contributed by atoms with E-state index in [2.05, 4.69) is 30.2 Å². The molecule has 1 aromatic carbocycles. The molecule has 0 atom stereocenters. The van der Waals surface area contributed by atoms with Gasteiger partial charge in [-0.05, 0) is 30.3 Å². The molecule has 5 heterocycles. The van der Waals surface area contributed by atoms with Crippen molar-refractivity contribution in [1.29, 1.82) is 0 Å². The van der Waals surface area contributed by atoms with E-state index in [1.165, 1.54) is 37.8 Å². The molecular formula is C26H21F3N8O3. The summed E-state index contributed by atoms with van der Waals surface area (Å²) in [6, 6.07) is 7.15. The molecule has 6 rings (SSSR count). The van der Waals surface area contributed by atoms with Crippen LogP contribution in [0.25, 0.3) is 38.9 Å². The fourth-order valence-corrected chi connectivity index (χ4v) is 4.80. The first-order valence-corrected chi connectivity index (χ1v) is 12.2. The molecule has 0 radical (unpaired) electrons. The van der Waals surface area contributed by atoms with Gasteiger partial charge in [0.05, 0.1) is 40.5 Å². The highest BCUT2D eigenvalue weighted by molar-refractivity contribution is 6.01. The lowest BCUT2D eigenvalue weighted by atomic mass is 10.1. The monoisotopic (exact) mass is 550 g/mol. The first kappa shape index (κ1) is 25.4. The molecule has 11 nitrogen and oxygen atoms in total. The highest BCUT2D eigenvalue weighted by Gasteiger charge is 2.36. The van der Waals surface area contributed by atoms with Gasteiger partial charge < -0.3 is 15.0 Å². The van der Waals surface area contributed by atoms with Crippen molar-refractivity contribution in [2.75, 3.05) is 38.2 Å². The normalized spacial score (nSPS) is 14.2. The zero-order chi connectivity index (χ0) is 28.0. The van der Waals surface area contributed by atoms with Crippen LogP contribution >= 0.6 is 0 Å². The van der Waals surface area contributed by atoms with E-state index in [0.29, 0.717) is 43.0 Å². The van der Waals surface area contributed by atoms with Crippen LogP contribution in [-0.4, -0.2) is 62.8 Å². The molecule has 40 heavy (non-hydrogen) atoms. The van der Waals surface area contributed by atoms with E-state index in [9.17, 15) is 22.8 Å². The molecule has 0 aliphatic carbocycles. The molecule has 0 spiro atoms. The Balaban J connectivity index is 1.61. The Morgan fingerprint density at radius 3 is 2.42 bits per heavy atom. The number of ether oxygens (including phenoxy) is 1. The molecule has 0 bridgehead atoms. The Hall–Kier alpha value is -4.85. The maximum absolute atomic E-state index is 14.3. The van der Waals surface area contributed by atoms with Crippen molar-refractivity contribution in [3.8, 4) is 23.0 Å². The summed E-state index contributed by atoms with van der Waals surface area (Å²) in [7, 11) is 1.43. The summed E-state index contributed by atoms with van der Waals surface area (Å²) < 4.78 is 48.9. The second kappa shape index (κ2) is 9.72. The van der Waals surface area contributed by atoms with E-state index < -0.39 is 23.0 Å². The van der Waals surface area contributed by atoms with Crippen LogP contribution in [0.2, 0.25) is 0 Å². The summed E-state index contributed by atoms with van der Waals surface area (Å²) in [5.41, 5.74) is -1.18. The fraction of sp³-hybridized carbons (Fsp3) is 0.231. The van der Waals surface area contributed by atoms with Crippen molar-refractivity contribution in [2.45, 2.75) is 6.18 Å². The molecule has 1 aliphatic heterocycles. The fourth-order valence-electron chi connectivity index (χ4n) is 4.80. The number of nitrogens with one attached hydrogen (secondary N) is 2. The summed E-state index contributed by atoms with van der Waals surface area (Å²) in [6.07, 6.45) is -0.447. The van der Waals surface area contributed by atoms with E-state index in [1.54, 1.807) is 17.0 Å². The molecule has 0 amide bonds. The number of aromatic amines is 1. The SMILES string of the molecule is COc1ncc(-c2ccc3ncc4c(=O)[nH]c(=O)n(-c5ccc(N6CCNCC6)c(C(F)(F)F)c5)c4c3n2)cn1. The van der Waals surface area contributed by atoms with E-state index >= 15 is 0 Å². The van der Waals surface area contributed by atoms with Crippen molar-refractivity contribution in [3.05, 3.63) is 75.3 Å². The Labute approximate surface area is 223 Å². The van der Waals surface area contributed by atoms with Gasteiger partial charge in [0.1, 0.15) is 5.52 Å². The van der Waals surface area contributed by atoms with Crippen LogP contribution < -0.4 is 26.2 Å². The Morgan fingerprint density at radius 1 is 0.975 bits per heavy atom. The van der Waals surface area contributed by atoms with Crippen LogP contribution in [0, 0.1) is 0 Å². The number of nitrogens with zero attached hydrogens (tertiary/aromatic N) is 6. The molecule has 1 saturated heterocycles. The molecule has 14 heteroatoms. The third-order valence-electron chi connectivity index (χ3n) is 6.69. The number of aromatic nitrogens is 6. The van der Waals surface area contributed by atoms with Crippen LogP contribution in [0.4, 0.5) is 18.9 Å². The smallest absolute Gasteiger partial charge is 0.418 e. The maximum Gasteiger partial charge on any atom is 0.418 e. The van der Waals surface area contributed by atoms with Gasteiger partial charge in [-0.15, -0.1) is 0 Å². The molecule has 2 N–H and O–H groups in total. The molecule has 0 saturated carbocycles. The summed E-state index contributed by atoms with van der Waals surface area (Å²) >= 11 is 0. The van der Waals surface area contributed by atoms with Crippen LogP contribution in [-0.2, 0) is 6.18 Å². The van der Waals surface area contributed by atoms with Gasteiger partial charge in [0.25, 0.3) is 5.56 Å². The quantitative estimate of drug-likeness (QED) is 0.324. The van der Waals surface area contributed by atoms with Gasteiger partial charge in [-0.25, -0.2) is 19.7 Å². The van der Waals surface area contributed by atoms with Gasteiger partial charge in [-0.3, -0.25) is 19.3 Å². The van der Waals surface area contributed by atoms with Crippen LogP contribution in [0.5, 0.6) is 6.01 Å². The van der Waals surface area contributed by atoms with Gasteiger partial charge in [0.2, 0.25) is 0 Å². The summed E-state index contributed by atoms with van der Waals surface area (Å²) in [6.45, 7) is 1.91. The number of alkyl halides is 3. The number of piperazine rings is 1. The zero-order valence-corrected chi connectivity index (χ0v) is 21.0. The third kappa shape index (κ3) is 4.41. The van der Waals surface area contributed by atoms with E-state index in [-0.39, 0.29) is 33.8 Å². The number of fused-ring (bicyclic) bond motifs is 3. The summed E-state index contributed by atoms with van der Waals surface area (Å²) in [5.74, 6) is 0. The van der Waals surface area contributed by atoms with Gasteiger partial charge in [0.15, 0.2) is 0 Å².